The van der Waals surface area contributed by atoms with Crippen molar-refractivity contribution in [2.45, 2.75) is 197 Å². The molecule has 6 aliphatic rings. The first-order valence-electron chi connectivity index (χ1n) is 28.4. The van der Waals surface area contributed by atoms with Crippen LogP contribution in [0.3, 0.4) is 0 Å². The number of methoxy groups -OCH3 is 2. The van der Waals surface area contributed by atoms with E-state index in [1.165, 1.54) is 6.92 Å². The van der Waals surface area contributed by atoms with Crippen molar-refractivity contribution < 1.29 is 58.0 Å². The van der Waals surface area contributed by atoms with Gasteiger partial charge in [-0.2, -0.15) is 0 Å². The van der Waals surface area contributed by atoms with Crippen molar-refractivity contribution in [3.8, 4) is 5.69 Å². The molecule has 5 aliphatic heterocycles. The fraction of sp³-hybridized carbons (Fsp3) is 0.807. The number of carbonyl (C=O) groups excluding carboxylic acids is 1. The van der Waals surface area contributed by atoms with Crippen LogP contribution in [0.5, 0.6) is 0 Å². The van der Waals surface area contributed by atoms with Crippen LogP contribution in [-0.2, 0) is 39.6 Å². The van der Waals surface area contributed by atoms with Crippen LogP contribution in [-0.4, -0.2) is 193 Å². The van der Waals surface area contributed by atoms with E-state index in [-0.39, 0.29) is 61.6 Å². The monoisotopic (exact) mass is 1080 g/mol. The molecule has 9 rings (SSSR count). The Bertz CT molecular complexity index is 2380. The third-order valence-corrected chi connectivity index (χ3v) is 18.5. The number of cyclic esters (lactones) is 1. The molecule has 0 amide bonds. The lowest BCUT2D eigenvalue weighted by Gasteiger charge is -2.49. The summed E-state index contributed by atoms with van der Waals surface area (Å²) >= 11 is 0. The van der Waals surface area contributed by atoms with E-state index in [4.69, 9.17) is 28.4 Å². The van der Waals surface area contributed by atoms with Crippen LogP contribution in [0.15, 0.2) is 36.7 Å². The van der Waals surface area contributed by atoms with Crippen LogP contribution in [0, 0.1) is 35.5 Å². The van der Waals surface area contributed by atoms with Crippen molar-refractivity contribution >= 4 is 5.97 Å². The maximum absolute atomic E-state index is 14.9. The van der Waals surface area contributed by atoms with Crippen molar-refractivity contribution in [2.24, 2.45) is 35.5 Å². The zero-order valence-corrected chi connectivity index (χ0v) is 47.8. The highest BCUT2D eigenvalue weighted by molar-refractivity contribution is 5.73. The second-order valence-electron chi connectivity index (χ2n) is 24.7. The number of halogens is 1. The highest BCUT2D eigenvalue weighted by Crippen LogP contribution is 2.52. The van der Waals surface area contributed by atoms with E-state index in [1.54, 1.807) is 30.5 Å². The Morgan fingerprint density at radius 3 is 2.30 bits per heavy atom. The van der Waals surface area contributed by atoms with Crippen LogP contribution in [0.2, 0.25) is 0 Å². The van der Waals surface area contributed by atoms with E-state index < -0.39 is 96.3 Å². The topological polar surface area (TPSA) is 221 Å². The smallest absolute Gasteiger partial charge is 0.309 e. The Kier molecular flexibility index (Phi) is 19.1. The molecule has 1 aromatic carbocycles. The number of rotatable bonds is 5. The SMILES string of the molecule is CC[C@H]1OC(=O)[C@H](C)C([C@H]2C[C@@](C)(OC)[C@@H](O)[C@H](C)O2)[C@H](C)C[C@@]2(O)CO[C@H]3C[C@H](C[C@@H](C)O3)CN(C)CCc3cn(nn3)[C@H](CF)[C@H](OC)c3ccc(cc3)-n3cc(nn3)C3CC3C[C@@H](CN(C)[C@H](C)[C@@H](O)[C@]1(C)O)C2. The van der Waals surface area contributed by atoms with Crippen molar-refractivity contribution in [2.75, 3.05) is 61.2 Å². The molecule has 1 saturated carbocycles. The molecule has 3 aromatic rings. The van der Waals surface area contributed by atoms with Gasteiger partial charge in [0.15, 0.2) is 6.29 Å². The molecular formula is C57H91FN8O11. The minimum Gasteiger partial charge on any atom is -0.459 e. The lowest BCUT2D eigenvalue weighted by Crippen LogP contribution is -2.59. The van der Waals surface area contributed by atoms with E-state index in [1.807, 2.05) is 83.2 Å². The number of hydrogen-bond donors (Lipinski definition) is 4. The third kappa shape index (κ3) is 13.5. The molecule has 3 saturated heterocycles. The Hall–Kier alpha value is -3.54. The van der Waals surface area contributed by atoms with Gasteiger partial charge >= 0.3 is 5.97 Å². The Balaban J connectivity index is 1.16. The first-order chi connectivity index (χ1) is 36.5. The number of hydrogen-bond acceptors (Lipinski definition) is 17. The van der Waals surface area contributed by atoms with Crippen molar-refractivity contribution in [3.05, 3.63) is 53.6 Å². The minimum absolute atomic E-state index is 0.0506. The minimum atomic E-state index is -1.83. The largest absolute Gasteiger partial charge is 0.459 e. The molecule has 1 aliphatic carbocycles. The lowest BCUT2D eigenvalue weighted by atomic mass is 9.69. The first kappa shape index (κ1) is 59.6. The summed E-state index contributed by atoms with van der Waals surface area (Å²) in [5.74, 6) is -1.91. The summed E-state index contributed by atoms with van der Waals surface area (Å²) in [4.78, 5) is 19.0. The van der Waals surface area contributed by atoms with Crippen LogP contribution in [0.25, 0.3) is 5.69 Å². The Labute approximate surface area is 455 Å². The summed E-state index contributed by atoms with van der Waals surface area (Å²) in [6.07, 6.45) is 2.57. The van der Waals surface area contributed by atoms with Crippen LogP contribution < -0.4 is 0 Å². The molecule has 0 spiro atoms. The van der Waals surface area contributed by atoms with Gasteiger partial charge in [0.25, 0.3) is 0 Å². The summed E-state index contributed by atoms with van der Waals surface area (Å²) in [6.45, 7) is 16.0. The predicted octanol–water partition coefficient (Wildman–Crippen LogP) is 5.62. The number of fused-ring (bicyclic) bond motifs is 7. The molecule has 2 aromatic heterocycles. The van der Waals surface area contributed by atoms with Crippen molar-refractivity contribution in [1.29, 1.82) is 0 Å². The lowest BCUT2D eigenvalue weighted by molar-refractivity contribution is -0.238. The summed E-state index contributed by atoms with van der Waals surface area (Å²) in [6, 6.07) is 6.37. The zero-order valence-electron chi connectivity index (χ0n) is 47.8. The van der Waals surface area contributed by atoms with E-state index >= 15 is 0 Å². The highest BCUT2D eigenvalue weighted by Gasteiger charge is 2.53. The molecule has 7 heterocycles. The van der Waals surface area contributed by atoms with Crippen molar-refractivity contribution in [3.63, 3.8) is 0 Å². The average molecular weight is 1080 g/mol. The third-order valence-electron chi connectivity index (χ3n) is 18.5. The number of ether oxygens (including phenoxy) is 6. The quantitative estimate of drug-likeness (QED) is 0.228. The number of nitrogens with zero attached hydrogens (tertiary/aromatic N) is 8. The Morgan fingerprint density at radius 2 is 1.61 bits per heavy atom. The number of likely N-dealkylation sites (N-methyl/N-ethyl adjacent to an activating group) is 2. The van der Waals surface area contributed by atoms with E-state index in [2.05, 4.69) is 39.5 Å². The summed E-state index contributed by atoms with van der Waals surface area (Å²) < 4.78 is 56.4. The molecule has 0 radical (unpaired) electrons. The van der Waals surface area contributed by atoms with E-state index in [0.717, 1.165) is 42.0 Å². The fourth-order valence-electron chi connectivity index (χ4n) is 13.9. The van der Waals surface area contributed by atoms with Gasteiger partial charge in [0.2, 0.25) is 0 Å². The fourth-order valence-corrected chi connectivity index (χ4v) is 13.9. The first-order valence-corrected chi connectivity index (χ1v) is 28.4. The number of aliphatic hydroxyl groups is 4. The van der Waals surface area contributed by atoms with Crippen LogP contribution >= 0.6 is 0 Å². The van der Waals surface area contributed by atoms with Crippen LogP contribution in [0.1, 0.15) is 142 Å². The second kappa shape index (κ2) is 24.7. The predicted molar refractivity (Wildman–Crippen MR) is 285 cm³/mol. The highest BCUT2D eigenvalue weighted by atomic mass is 19.1. The van der Waals surface area contributed by atoms with Gasteiger partial charge in [-0.1, -0.05) is 43.3 Å². The van der Waals surface area contributed by atoms with Gasteiger partial charge in [-0.25, -0.2) is 13.8 Å². The summed E-state index contributed by atoms with van der Waals surface area (Å²) in [5, 5.41) is 67.3. The number of alkyl halides is 1. The maximum atomic E-state index is 14.9. The number of aromatic nitrogens is 6. The molecule has 10 bridgehead atoms. The summed E-state index contributed by atoms with van der Waals surface area (Å²) in [5.41, 5.74) is -1.11. The molecular weight excluding hydrogens is 992 g/mol. The molecule has 19 nitrogen and oxygen atoms in total. The molecule has 432 valence electrons. The van der Waals surface area contributed by atoms with E-state index in [0.29, 0.717) is 38.8 Å². The second-order valence-corrected chi connectivity index (χ2v) is 24.7. The normalized spacial score (nSPS) is 41.8. The van der Waals surface area contributed by atoms with E-state index in [9.17, 15) is 29.6 Å². The number of carbonyl (C=O) groups is 1. The molecule has 4 fully saturated rings. The van der Waals surface area contributed by atoms with Gasteiger partial charge in [0, 0.05) is 77.2 Å². The van der Waals surface area contributed by atoms with Gasteiger partial charge in [0.1, 0.15) is 42.7 Å². The van der Waals surface area contributed by atoms with Gasteiger partial charge in [-0.15, -0.1) is 10.2 Å². The Morgan fingerprint density at radius 1 is 0.870 bits per heavy atom. The molecule has 77 heavy (non-hydrogen) atoms. The number of benzene rings is 1. The standard InChI is InChI=1S/C57H91FN8O11/c1-13-48-56(8,70)52(67)36(5)64(10)29-39-21-41-23-44(41)45-31-65(62-60-45)43-16-14-40(15-17-43)51(72-11)46(27-58)66-30-42(59-61-66)18-19-63(9)28-38-20-34(3)75-49(22-38)74-32-57(71,25-39)24-33(2)50(35(4)54(69)77-48)47-26-55(7,73-12)53(68)37(6)76-47/h14-17,30-31,33-39,41,44,46-53,67-68,70-71H,13,18-29,32H2,1-12H3/t33-,34-,35-,36-,37+,38+,39-,41?,44?,46-,47-,48-,49-,50?,51-,52-,53+,55-,56-,57+/m1/s1. The molecule has 3 unspecified atom stereocenters. The average Bonchev–Trinajstić information content (AvgIpc) is 3.72. The molecule has 20 atom stereocenters. The van der Waals surface area contributed by atoms with Crippen LogP contribution in [0.4, 0.5) is 4.39 Å². The number of esters is 1. The number of aliphatic hydroxyl groups excluding tert-OH is 2. The van der Waals surface area contributed by atoms with Gasteiger partial charge < -0.3 is 58.6 Å². The van der Waals surface area contributed by atoms with Crippen molar-refractivity contribution in [1.82, 2.24) is 39.8 Å². The zero-order chi connectivity index (χ0) is 55.7. The molecule has 20 heteroatoms. The van der Waals surface area contributed by atoms with Gasteiger partial charge in [-0.3, -0.25) is 4.79 Å². The maximum Gasteiger partial charge on any atom is 0.309 e. The summed E-state index contributed by atoms with van der Waals surface area (Å²) in [7, 11) is 7.16. The van der Waals surface area contributed by atoms with Gasteiger partial charge in [0.05, 0.1) is 65.3 Å². The molecule has 4 N–H and O–H groups in total. The van der Waals surface area contributed by atoms with Gasteiger partial charge in [-0.05, 0) is 129 Å².